The smallest absolute Gasteiger partial charge is 0.358 e. The van der Waals surface area contributed by atoms with Crippen molar-refractivity contribution in [3.05, 3.63) is 10.6 Å². The largest absolute Gasteiger partial charge is 0.461 e. The molecule has 1 aliphatic heterocycles. The first-order valence-electron chi connectivity index (χ1n) is 7.22. The second-order valence-corrected chi connectivity index (χ2v) is 6.25. The number of carbonyl (C=O) groups excluding carboxylic acids is 2. The van der Waals surface area contributed by atoms with Gasteiger partial charge in [-0.15, -0.1) is 11.3 Å². The van der Waals surface area contributed by atoms with Gasteiger partial charge in [-0.05, 0) is 33.6 Å². The van der Waals surface area contributed by atoms with E-state index < -0.39 is 5.97 Å². The quantitative estimate of drug-likeness (QED) is 0.843. The van der Waals surface area contributed by atoms with Crippen LogP contribution < -0.4 is 5.32 Å². The lowest BCUT2D eigenvalue weighted by Crippen LogP contribution is -2.39. The van der Waals surface area contributed by atoms with Crippen LogP contribution in [0.25, 0.3) is 0 Å². The van der Waals surface area contributed by atoms with Crippen LogP contribution in [0, 0.1) is 6.92 Å². The Kier molecular flexibility index (Phi) is 5.17. The molecule has 0 aromatic carbocycles. The Bertz CT molecular complexity index is 524. The summed E-state index contributed by atoms with van der Waals surface area (Å²) in [5.74, 6) is -0.337. The lowest BCUT2D eigenvalue weighted by Gasteiger charge is -2.20. The van der Waals surface area contributed by atoms with Crippen LogP contribution in [0.5, 0.6) is 0 Å². The van der Waals surface area contributed by atoms with Crippen molar-refractivity contribution in [2.75, 3.05) is 25.0 Å². The molecule has 0 bridgehead atoms. The molecule has 116 valence electrons. The summed E-state index contributed by atoms with van der Waals surface area (Å²) in [6.45, 7) is 7.38. The number of nitrogens with zero attached hydrogens (tertiary/aromatic N) is 2. The van der Waals surface area contributed by atoms with Gasteiger partial charge in [-0.1, -0.05) is 0 Å². The maximum Gasteiger partial charge on any atom is 0.358 e. The molecule has 1 aromatic rings. The van der Waals surface area contributed by atoms with Gasteiger partial charge in [0.25, 0.3) is 0 Å². The van der Waals surface area contributed by atoms with E-state index in [4.69, 9.17) is 4.74 Å². The van der Waals surface area contributed by atoms with Crippen molar-refractivity contribution in [2.24, 2.45) is 0 Å². The number of nitrogens with one attached hydrogen (secondary N) is 1. The van der Waals surface area contributed by atoms with Crippen molar-refractivity contribution >= 4 is 28.3 Å². The van der Waals surface area contributed by atoms with Crippen molar-refractivity contribution in [1.82, 2.24) is 9.88 Å². The highest BCUT2D eigenvalue weighted by molar-refractivity contribution is 7.15. The third-order valence-corrected chi connectivity index (χ3v) is 4.30. The number of esters is 1. The van der Waals surface area contributed by atoms with Gasteiger partial charge in [0.2, 0.25) is 5.91 Å². The summed E-state index contributed by atoms with van der Waals surface area (Å²) >= 11 is 1.36. The third kappa shape index (κ3) is 3.72. The number of rotatable bonds is 5. The Morgan fingerprint density at radius 1 is 1.43 bits per heavy atom. The van der Waals surface area contributed by atoms with Crippen molar-refractivity contribution in [2.45, 2.75) is 39.7 Å². The van der Waals surface area contributed by atoms with Gasteiger partial charge in [-0.2, -0.15) is 0 Å². The molecular weight excluding hydrogens is 290 g/mol. The average Bonchev–Trinajstić information content (AvgIpc) is 3.07. The molecule has 1 amide bonds. The molecule has 6 nitrogen and oxygen atoms in total. The molecule has 21 heavy (non-hydrogen) atoms. The SMILES string of the molecule is CCOC(=O)c1nc(NC(C)C(=O)N2CCCC2)sc1C. The summed E-state index contributed by atoms with van der Waals surface area (Å²) in [4.78, 5) is 30.8. The zero-order chi connectivity index (χ0) is 15.4. The molecule has 1 fully saturated rings. The zero-order valence-electron chi connectivity index (χ0n) is 12.6. The maximum atomic E-state index is 12.2. The molecule has 1 atom stereocenters. The van der Waals surface area contributed by atoms with Gasteiger partial charge in [0.15, 0.2) is 10.8 Å². The number of hydrogen-bond donors (Lipinski definition) is 1. The summed E-state index contributed by atoms with van der Waals surface area (Å²) in [7, 11) is 0. The van der Waals surface area contributed by atoms with E-state index in [1.165, 1.54) is 11.3 Å². The first kappa shape index (κ1) is 15.8. The zero-order valence-corrected chi connectivity index (χ0v) is 13.5. The highest BCUT2D eigenvalue weighted by Crippen LogP contribution is 2.24. The number of thiazole rings is 1. The molecule has 7 heteroatoms. The van der Waals surface area contributed by atoms with E-state index in [-0.39, 0.29) is 11.9 Å². The van der Waals surface area contributed by atoms with E-state index in [9.17, 15) is 9.59 Å². The summed E-state index contributed by atoms with van der Waals surface area (Å²) in [5.41, 5.74) is 0.324. The second-order valence-electron chi connectivity index (χ2n) is 5.04. The van der Waals surface area contributed by atoms with Crippen molar-refractivity contribution in [3.8, 4) is 0 Å². The van der Waals surface area contributed by atoms with Gasteiger partial charge in [0.1, 0.15) is 6.04 Å². The van der Waals surface area contributed by atoms with E-state index in [1.807, 2.05) is 18.7 Å². The van der Waals surface area contributed by atoms with Gasteiger partial charge in [-0.3, -0.25) is 4.79 Å². The van der Waals surface area contributed by atoms with E-state index >= 15 is 0 Å². The summed E-state index contributed by atoms with van der Waals surface area (Å²) in [5, 5.41) is 3.66. The summed E-state index contributed by atoms with van der Waals surface area (Å²) in [6.07, 6.45) is 2.14. The van der Waals surface area contributed by atoms with Crippen LogP contribution in [-0.4, -0.2) is 47.5 Å². The number of hydrogen-bond acceptors (Lipinski definition) is 6. The fraction of sp³-hybridized carbons (Fsp3) is 0.643. The number of ether oxygens (including phenoxy) is 1. The Balaban J connectivity index is 2.00. The Hall–Kier alpha value is -1.63. The molecular formula is C14H21N3O3S. The molecule has 1 aromatic heterocycles. The fourth-order valence-electron chi connectivity index (χ4n) is 2.31. The van der Waals surface area contributed by atoms with Crippen LogP contribution in [0.1, 0.15) is 42.1 Å². The van der Waals surface area contributed by atoms with Gasteiger partial charge in [0, 0.05) is 18.0 Å². The van der Waals surface area contributed by atoms with E-state index in [2.05, 4.69) is 10.3 Å². The van der Waals surface area contributed by atoms with Crippen LogP contribution in [0.2, 0.25) is 0 Å². The van der Waals surface area contributed by atoms with Gasteiger partial charge >= 0.3 is 5.97 Å². The van der Waals surface area contributed by atoms with Gasteiger partial charge < -0.3 is 15.0 Å². The van der Waals surface area contributed by atoms with E-state index in [0.717, 1.165) is 30.8 Å². The first-order valence-corrected chi connectivity index (χ1v) is 8.04. The van der Waals surface area contributed by atoms with Crippen molar-refractivity contribution in [3.63, 3.8) is 0 Å². The molecule has 2 heterocycles. The third-order valence-electron chi connectivity index (χ3n) is 3.39. The normalized spacial score (nSPS) is 15.9. The molecule has 1 unspecified atom stereocenters. The second kappa shape index (κ2) is 6.89. The fourth-order valence-corrected chi connectivity index (χ4v) is 3.19. The lowest BCUT2D eigenvalue weighted by atomic mass is 10.3. The van der Waals surface area contributed by atoms with Crippen LogP contribution in [0.4, 0.5) is 5.13 Å². The molecule has 0 radical (unpaired) electrons. The standard InChI is InChI=1S/C14H21N3O3S/c1-4-20-13(19)11-10(3)21-14(16-11)15-9(2)12(18)17-7-5-6-8-17/h9H,4-8H2,1-3H3,(H,15,16). The monoisotopic (exact) mass is 311 g/mol. The number of likely N-dealkylation sites (tertiary alicyclic amines) is 1. The molecule has 1 saturated heterocycles. The topological polar surface area (TPSA) is 71.5 Å². The van der Waals surface area contributed by atoms with Crippen LogP contribution in [0.3, 0.4) is 0 Å². The minimum atomic E-state index is -0.419. The van der Waals surface area contributed by atoms with E-state index in [1.54, 1.807) is 6.92 Å². The lowest BCUT2D eigenvalue weighted by molar-refractivity contribution is -0.130. The van der Waals surface area contributed by atoms with E-state index in [0.29, 0.717) is 17.4 Å². The van der Waals surface area contributed by atoms with Gasteiger partial charge in [0.05, 0.1) is 6.61 Å². The highest BCUT2D eigenvalue weighted by atomic mass is 32.1. The number of carbonyl (C=O) groups is 2. The minimum absolute atomic E-state index is 0.0815. The summed E-state index contributed by atoms with van der Waals surface area (Å²) in [6, 6.07) is -0.344. The van der Waals surface area contributed by atoms with Crippen molar-refractivity contribution < 1.29 is 14.3 Å². The maximum absolute atomic E-state index is 12.2. The van der Waals surface area contributed by atoms with Crippen LogP contribution in [0.15, 0.2) is 0 Å². The molecule has 1 N–H and O–H groups in total. The van der Waals surface area contributed by atoms with Crippen molar-refractivity contribution in [1.29, 1.82) is 0 Å². The number of amides is 1. The predicted octanol–water partition coefficient (Wildman–Crippen LogP) is 2.05. The number of aromatic nitrogens is 1. The van der Waals surface area contributed by atoms with Gasteiger partial charge in [-0.25, -0.2) is 9.78 Å². The minimum Gasteiger partial charge on any atom is -0.461 e. The number of aryl methyl sites for hydroxylation is 1. The molecule has 1 aliphatic rings. The number of anilines is 1. The van der Waals surface area contributed by atoms with Crippen LogP contribution >= 0.6 is 11.3 Å². The summed E-state index contributed by atoms with van der Waals surface area (Å²) < 4.78 is 4.96. The average molecular weight is 311 g/mol. The predicted molar refractivity (Wildman–Crippen MR) is 81.7 cm³/mol. The Morgan fingerprint density at radius 2 is 2.10 bits per heavy atom. The highest BCUT2D eigenvalue weighted by Gasteiger charge is 2.24. The van der Waals surface area contributed by atoms with Crippen LogP contribution in [-0.2, 0) is 9.53 Å². The first-order chi connectivity index (χ1) is 10.0. The Labute approximate surface area is 128 Å². The molecule has 0 aliphatic carbocycles. The Morgan fingerprint density at radius 3 is 2.71 bits per heavy atom. The molecule has 0 saturated carbocycles. The molecule has 0 spiro atoms. The molecule has 2 rings (SSSR count).